The van der Waals surface area contributed by atoms with Gasteiger partial charge in [-0.2, -0.15) is 9.97 Å². The lowest BCUT2D eigenvalue weighted by atomic mass is 9.99. The number of aliphatic carboxylic acids is 1. The van der Waals surface area contributed by atoms with Crippen molar-refractivity contribution in [3.05, 3.63) is 35.4 Å². The Balaban J connectivity index is 1.63. The molecule has 9 nitrogen and oxygen atoms in total. The first-order chi connectivity index (χ1) is 13.3. The Labute approximate surface area is 163 Å². The monoisotopic (exact) mass is 387 g/mol. The summed E-state index contributed by atoms with van der Waals surface area (Å²) in [7, 11) is 0. The molecular formula is C19H25N5O4. The first kappa shape index (κ1) is 19.7. The lowest BCUT2D eigenvalue weighted by Gasteiger charge is -2.31. The van der Waals surface area contributed by atoms with Crippen LogP contribution in [-0.4, -0.2) is 51.2 Å². The molecule has 2 aromatic rings. The molecule has 1 aliphatic rings. The summed E-state index contributed by atoms with van der Waals surface area (Å²) in [5, 5.41) is 8.67. The van der Waals surface area contributed by atoms with Gasteiger partial charge in [-0.15, -0.1) is 0 Å². The van der Waals surface area contributed by atoms with Crippen LogP contribution in [0.2, 0.25) is 0 Å². The zero-order valence-corrected chi connectivity index (χ0v) is 16.0. The maximum atomic E-state index is 10.6. The number of nitrogens with zero attached hydrogens (tertiary/aromatic N) is 3. The molecule has 3 rings (SSSR count). The number of hydrogen-bond acceptors (Lipinski definition) is 8. The number of carboxylic acids is 1. The second-order valence-corrected chi connectivity index (χ2v) is 7.11. The van der Waals surface area contributed by atoms with Gasteiger partial charge in [0.05, 0.1) is 5.56 Å². The van der Waals surface area contributed by atoms with E-state index in [2.05, 4.69) is 21.8 Å². The molecule has 150 valence electrons. The fraction of sp³-hybridized carbons (Fsp3) is 0.421. The molecule has 0 fully saturated rings. The number of carbonyl (C=O) groups is 1. The van der Waals surface area contributed by atoms with Gasteiger partial charge in [0.2, 0.25) is 11.8 Å². The Morgan fingerprint density at radius 1 is 1.32 bits per heavy atom. The fourth-order valence-corrected chi connectivity index (χ4v) is 3.33. The predicted molar refractivity (Wildman–Crippen MR) is 104 cm³/mol. The van der Waals surface area contributed by atoms with Crippen molar-refractivity contribution in [1.29, 1.82) is 0 Å². The summed E-state index contributed by atoms with van der Waals surface area (Å²) < 4.78 is 11.2. The molecule has 1 aliphatic heterocycles. The van der Waals surface area contributed by atoms with Crippen LogP contribution in [0.3, 0.4) is 0 Å². The summed E-state index contributed by atoms with van der Waals surface area (Å²) in [5.41, 5.74) is 13.0. The van der Waals surface area contributed by atoms with E-state index in [1.54, 1.807) is 12.1 Å². The van der Waals surface area contributed by atoms with E-state index in [1.165, 1.54) is 0 Å². The highest BCUT2D eigenvalue weighted by Crippen LogP contribution is 2.37. The van der Waals surface area contributed by atoms with Gasteiger partial charge in [-0.05, 0) is 31.2 Å². The SMILES string of the molecule is CCN(Cc1ccc(OCC(=O)O)cc1)C[C@]1(C)Cc2c(N)nc(N)nc2O1. The Morgan fingerprint density at radius 3 is 2.68 bits per heavy atom. The molecule has 0 spiro atoms. The average Bonchev–Trinajstić information content (AvgIpc) is 2.97. The second kappa shape index (κ2) is 7.89. The van der Waals surface area contributed by atoms with Crippen molar-refractivity contribution in [2.75, 3.05) is 31.2 Å². The van der Waals surface area contributed by atoms with Crippen LogP contribution in [-0.2, 0) is 17.8 Å². The summed E-state index contributed by atoms with van der Waals surface area (Å²) in [6, 6.07) is 7.40. The van der Waals surface area contributed by atoms with Gasteiger partial charge in [-0.3, -0.25) is 4.90 Å². The number of hydrogen-bond donors (Lipinski definition) is 3. The number of nitrogen functional groups attached to an aromatic ring is 2. The molecule has 1 atom stereocenters. The Hall–Kier alpha value is -3.07. The van der Waals surface area contributed by atoms with Crippen LogP contribution >= 0.6 is 0 Å². The highest BCUT2D eigenvalue weighted by molar-refractivity contribution is 5.68. The first-order valence-corrected chi connectivity index (χ1v) is 9.05. The van der Waals surface area contributed by atoms with Gasteiger partial charge in [0.1, 0.15) is 17.2 Å². The molecule has 1 aromatic carbocycles. The quantitative estimate of drug-likeness (QED) is 0.612. The first-order valence-electron chi connectivity index (χ1n) is 9.05. The third kappa shape index (κ3) is 4.61. The van der Waals surface area contributed by atoms with Gasteiger partial charge in [0.15, 0.2) is 6.61 Å². The number of fused-ring (bicyclic) bond motifs is 1. The van der Waals surface area contributed by atoms with Crippen molar-refractivity contribution in [2.45, 2.75) is 32.4 Å². The molecule has 0 saturated heterocycles. The molecule has 0 aliphatic carbocycles. The number of benzene rings is 1. The molecule has 0 radical (unpaired) electrons. The van der Waals surface area contributed by atoms with Gasteiger partial charge in [0, 0.05) is 19.5 Å². The van der Waals surface area contributed by atoms with E-state index in [4.69, 9.17) is 26.0 Å². The molecule has 0 amide bonds. The van der Waals surface area contributed by atoms with Gasteiger partial charge in [-0.1, -0.05) is 19.1 Å². The van der Waals surface area contributed by atoms with E-state index < -0.39 is 11.6 Å². The Bertz CT molecular complexity index is 858. The summed E-state index contributed by atoms with van der Waals surface area (Å²) in [6.07, 6.45) is 0.618. The Morgan fingerprint density at radius 2 is 2.04 bits per heavy atom. The van der Waals surface area contributed by atoms with Crippen LogP contribution < -0.4 is 20.9 Å². The van der Waals surface area contributed by atoms with Crippen LogP contribution in [0.4, 0.5) is 11.8 Å². The van der Waals surface area contributed by atoms with E-state index in [0.717, 1.165) is 17.7 Å². The van der Waals surface area contributed by atoms with Gasteiger partial charge in [0.25, 0.3) is 0 Å². The van der Waals surface area contributed by atoms with Crippen molar-refractivity contribution >= 4 is 17.7 Å². The van der Waals surface area contributed by atoms with Crippen molar-refractivity contribution in [3.8, 4) is 11.6 Å². The van der Waals surface area contributed by atoms with Crippen LogP contribution in [0.15, 0.2) is 24.3 Å². The third-order valence-corrected chi connectivity index (χ3v) is 4.61. The lowest BCUT2D eigenvalue weighted by molar-refractivity contribution is -0.139. The highest BCUT2D eigenvalue weighted by atomic mass is 16.5. The van der Waals surface area contributed by atoms with Crippen LogP contribution in [0.25, 0.3) is 0 Å². The molecule has 28 heavy (non-hydrogen) atoms. The maximum Gasteiger partial charge on any atom is 0.341 e. The zero-order valence-electron chi connectivity index (χ0n) is 16.0. The van der Waals surface area contributed by atoms with Crippen molar-refractivity contribution in [3.63, 3.8) is 0 Å². The summed E-state index contributed by atoms with van der Waals surface area (Å²) in [4.78, 5) is 21.0. The van der Waals surface area contributed by atoms with Crippen molar-refractivity contribution < 1.29 is 19.4 Å². The minimum Gasteiger partial charge on any atom is -0.482 e. The lowest BCUT2D eigenvalue weighted by Crippen LogP contribution is -2.44. The minimum absolute atomic E-state index is 0.109. The number of nitrogens with two attached hydrogens (primary N) is 2. The Kier molecular flexibility index (Phi) is 5.55. The maximum absolute atomic E-state index is 10.6. The molecule has 1 aromatic heterocycles. The van der Waals surface area contributed by atoms with E-state index in [-0.39, 0.29) is 12.6 Å². The summed E-state index contributed by atoms with van der Waals surface area (Å²) in [6.45, 7) is 5.98. The number of rotatable bonds is 8. The molecule has 0 saturated carbocycles. The largest absolute Gasteiger partial charge is 0.482 e. The molecule has 0 bridgehead atoms. The van der Waals surface area contributed by atoms with E-state index in [1.807, 2.05) is 19.1 Å². The number of aromatic nitrogens is 2. The van der Waals surface area contributed by atoms with Crippen molar-refractivity contribution in [2.24, 2.45) is 0 Å². The molecular weight excluding hydrogens is 362 g/mol. The summed E-state index contributed by atoms with van der Waals surface area (Å²) in [5.74, 6) is 0.467. The molecule has 2 heterocycles. The van der Waals surface area contributed by atoms with E-state index >= 15 is 0 Å². The van der Waals surface area contributed by atoms with Crippen LogP contribution in [0, 0.1) is 0 Å². The smallest absolute Gasteiger partial charge is 0.341 e. The van der Waals surface area contributed by atoms with E-state index in [0.29, 0.717) is 37.0 Å². The van der Waals surface area contributed by atoms with Crippen molar-refractivity contribution in [1.82, 2.24) is 14.9 Å². The zero-order chi connectivity index (χ0) is 20.3. The third-order valence-electron chi connectivity index (χ3n) is 4.61. The van der Waals surface area contributed by atoms with Gasteiger partial charge in [-0.25, -0.2) is 4.79 Å². The highest BCUT2D eigenvalue weighted by Gasteiger charge is 2.39. The van der Waals surface area contributed by atoms with Crippen LogP contribution in [0.1, 0.15) is 25.0 Å². The number of likely N-dealkylation sites (N-methyl/N-ethyl adjacent to an activating group) is 1. The summed E-state index contributed by atoms with van der Waals surface area (Å²) >= 11 is 0. The number of anilines is 2. The molecule has 5 N–H and O–H groups in total. The minimum atomic E-state index is -1.00. The number of carboxylic acid groups (broad SMARTS) is 1. The van der Waals surface area contributed by atoms with Gasteiger partial charge >= 0.3 is 5.97 Å². The predicted octanol–water partition coefficient (Wildman–Crippen LogP) is 1.32. The normalized spacial score (nSPS) is 18.0. The molecule has 0 unspecified atom stereocenters. The average molecular weight is 387 g/mol. The fourth-order valence-electron chi connectivity index (χ4n) is 3.33. The topological polar surface area (TPSA) is 137 Å². The standard InChI is InChI=1S/C19H25N5O4/c1-3-24(9-12-4-6-13(7-5-12)27-10-15(25)26)11-19(2)8-14-16(20)22-18(21)23-17(14)28-19/h4-7H,3,8-11H2,1-2H3,(H,25,26)(H4,20,21,22,23)/t19-/m0/s1. The number of ether oxygens (including phenoxy) is 2. The van der Waals surface area contributed by atoms with E-state index in [9.17, 15) is 4.79 Å². The second-order valence-electron chi connectivity index (χ2n) is 7.11. The van der Waals surface area contributed by atoms with Gasteiger partial charge < -0.3 is 26.0 Å². The molecule has 9 heteroatoms. The van der Waals surface area contributed by atoms with Crippen LogP contribution in [0.5, 0.6) is 11.6 Å².